The molecule has 0 radical (unpaired) electrons. The largest absolute Gasteiger partial charge is 0.487 e. The second-order valence-corrected chi connectivity index (χ2v) is 12.2. The average Bonchev–Trinajstić information content (AvgIpc) is 3.57. The first-order valence-electron chi connectivity index (χ1n) is 15.9. The fraction of sp³-hybridized carbons (Fsp3) is 0.200. The van der Waals surface area contributed by atoms with Crippen LogP contribution in [0.5, 0.6) is 11.5 Å². The van der Waals surface area contributed by atoms with Gasteiger partial charge in [-0.3, -0.25) is 4.79 Å². The molecule has 8 nitrogen and oxygen atoms in total. The summed E-state index contributed by atoms with van der Waals surface area (Å²) in [5.41, 5.74) is 6.28. The Bertz CT molecular complexity index is 2110. The van der Waals surface area contributed by atoms with E-state index in [-0.39, 0.29) is 5.97 Å². The lowest BCUT2D eigenvalue weighted by molar-refractivity contribution is -0.140. The molecule has 6 aromatic rings. The van der Waals surface area contributed by atoms with Crippen LogP contribution in [-0.4, -0.2) is 35.3 Å². The number of aryl methyl sites for hydroxylation is 3. The zero-order valence-corrected chi connectivity index (χ0v) is 29.8. The molecule has 0 saturated heterocycles. The normalized spacial score (nSPS) is 11.0. The van der Waals surface area contributed by atoms with E-state index in [1.807, 2.05) is 74.8 Å². The lowest BCUT2D eigenvalue weighted by atomic mass is 10.1. The van der Waals surface area contributed by atoms with Crippen molar-refractivity contribution in [3.8, 4) is 11.5 Å². The van der Waals surface area contributed by atoms with Gasteiger partial charge in [0.1, 0.15) is 24.7 Å². The van der Waals surface area contributed by atoms with Gasteiger partial charge in [-0.05, 0) is 78.7 Å². The molecule has 0 atom stereocenters. The van der Waals surface area contributed by atoms with Crippen molar-refractivity contribution in [3.05, 3.63) is 136 Å². The number of carbonyl (C=O) groups is 2. The van der Waals surface area contributed by atoms with Crippen LogP contribution in [0, 0.1) is 0 Å². The van der Waals surface area contributed by atoms with Gasteiger partial charge in [-0.15, -0.1) is 0 Å². The number of benzene rings is 4. The van der Waals surface area contributed by atoms with Crippen molar-refractivity contribution < 1.29 is 28.5 Å². The Morgan fingerprint density at radius 1 is 0.660 bits per heavy atom. The zero-order chi connectivity index (χ0) is 35.6. The van der Waals surface area contributed by atoms with Gasteiger partial charge in [-0.1, -0.05) is 59.6 Å². The second kappa shape index (κ2) is 17.0. The number of para-hydroxylation sites is 2. The summed E-state index contributed by atoms with van der Waals surface area (Å²) < 4.78 is 25.5. The fourth-order valence-corrected chi connectivity index (χ4v) is 5.99. The van der Waals surface area contributed by atoms with E-state index < -0.39 is 5.97 Å². The summed E-state index contributed by atoms with van der Waals surface area (Å²) in [7, 11) is 6.78. The van der Waals surface area contributed by atoms with E-state index in [4.69, 9.17) is 42.1 Å². The van der Waals surface area contributed by atoms with E-state index in [9.17, 15) is 9.59 Å². The van der Waals surface area contributed by atoms with Crippen LogP contribution < -0.4 is 9.47 Å². The van der Waals surface area contributed by atoms with Crippen LogP contribution in [0.2, 0.25) is 10.0 Å². The molecular formula is C40H38Cl2N2O6. The third-order valence-electron chi connectivity index (χ3n) is 8.39. The number of hydrogen-bond acceptors (Lipinski definition) is 6. The van der Waals surface area contributed by atoms with Crippen LogP contribution in [-0.2, 0) is 52.8 Å². The van der Waals surface area contributed by atoms with Crippen molar-refractivity contribution in [3.63, 3.8) is 0 Å². The van der Waals surface area contributed by atoms with Gasteiger partial charge >= 0.3 is 11.9 Å². The molecule has 0 spiro atoms. The minimum atomic E-state index is -0.391. The van der Waals surface area contributed by atoms with Crippen molar-refractivity contribution in [1.29, 1.82) is 0 Å². The fourth-order valence-electron chi connectivity index (χ4n) is 5.74. The molecule has 0 amide bonds. The first-order chi connectivity index (χ1) is 24.2. The Hall–Kier alpha value is -5.18. The zero-order valence-electron chi connectivity index (χ0n) is 28.3. The summed E-state index contributed by atoms with van der Waals surface area (Å²) in [5, 5.41) is 3.54. The number of nitrogens with zero attached hydrogens (tertiary/aromatic N) is 2. The minimum absolute atomic E-state index is 0.211. The molecule has 0 N–H and O–H groups in total. The number of hydrogen-bond donors (Lipinski definition) is 0. The third kappa shape index (κ3) is 8.69. The van der Waals surface area contributed by atoms with Crippen molar-refractivity contribution >= 4 is 63.0 Å². The van der Waals surface area contributed by atoms with E-state index >= 15 is 0 Å². The summed E-state index contributed by atoms with van der Waals surface area (Å²) in [5.74, 6) is 0.890. The predicted molar refractivity (Wildman–Crippen MR) is 199 cm³/mol. The van der Waals surface area contributed by atoms with E-state index in [1.54, 1.807) is 30.3 Å². The molecule has 0 fully saturated rings. The molecule has 10 heteroatoms. The Morgan fingerprint density at radius 2 is 1.16 bits per heavy atom. The van der Waals surface area contributed by atoms with Crippen molar-refractivity contribution in [2.24, 2.45) is 14.1 Å². The average molecular weight is 714 g/mol. The van der Waals surface area contributed by atoms with Crippen molar-refractivity contribution in [1.82, 2.24) is 9.13 Å². The van der Waals surface area contributed by atoms with Gasteiger partial charge in [0.05, 0.1) is 25.6 Å². The first-order valence-corrected chi connectivity index (χ1v) is 16.7. The third-order valence-corrected chi connectivity index (χ3v) is 8.89. The standard InChI is InChI=1S/C20H20ClNO3.C20H18ClNO3/c2*1-22-18-6-4-3-5-16(18)17(11-12-20(23)24-2)19(22)13-25-15-9-7-14(21)8-10-15/h3-10H,11-13H2,1-2H3;3-12H,13H2,1-2H3/b;12-11+. The van der Waals surface area contributed by atoms with Crippen LogP contribution in [0.1, 0.15) is 28.9 Å². The minimum Gasteiger partial charge on any atom is -0.487 e. The Kier molecular flexibility index (Phi) is 12.3. The van der Waals surface area contributed by atoms with Gasteiger partial charge < -0.3 is 28.1 Å². The van der Waals surface area contributed by atoms with Crippen molar-refractivity contribution in [2.75, 3.05) is 14.2 Å². The monoisotopic (exact) mass is 712 g/mol. The van der Waals surface area contributed by atoms with Gasteiger partial charge in [-0.25, -0.2) is 4.79 Å². The molecule has 0 aliphatic carbocycles. The van der Waals surface area contributed by atoms with Gasteiger partial charge in [0.15, 0.2) is 0 Å². The van der Waals surface area contributed by atoms with Crippen molar-refractivity contribution in [2.45, 2.75) is 26.1 Å². The smallest absolute Gasteiger partial charge is 0.330 e. The highest BCUT2D eigenvalue weighted by molar-refractivity contribution is 6.30. The molecule has 2 aromatic heterocycles. The maximum atomic E-state index is 11.6. The lowest BCUT2D eigenvalue weighted by Gasteiger charge is -2.10. The SMILES string of the molecule is COC(=O)/C=C/c1c(COc2ccc(Cl)cc2)n(C)c2ccccc12.COC(=O)CCc1c(COc2ccc(Cl)cc2)n(C)c2ccccc12. The maximum absolute atomic E-state index is 11.6. The summed E-state index contributed by atoms with van der Waals surface area (Å²) in [4.78, 5) is 23.1. The molecule has 2 heterocycles. The first kappa shape index (κ1) is 36.1. The van der Waals surface area contributed by atoms with Gasteiger partial charge in [0.2, 0.25) is 0 Å². The van der Waals surface area contributed by atoms with E-state index in [2.05, 4.69) is 21.3 Å². The Labute approximate surface area is 301 Å². The van der Waals surface area contributed by atoms with Crippen LogP contribution in [0.15, 0.2) is 103 Å². The van der Waals surface area contributed by atoms with Crippen LogP contribution in [0.4, 0.5) is 0 Å². The highest BCUT2D eigenvalue weighted by Gasteiger charge is 2.17. The predicted octanol–water partition coefficient (Wildman–Crippen LogP) is 9.11. The Balaban J connectivity index is 0.000000194. The molecule has 0 saturated carbocycles. The highest BCUT2D eigenvalue weighted by Crippen LogP contribution is 2.29. The number of methoxy groups -OCH3 is 2. The molecular weight excluding hydrogens is 675 g/mol. The van der Waals surface area contributed by atoms with Crippen LogP contribution in [0.25, 0.3) is 27.9 Å². The molecule has 0 bridgehead atoms. The van der Waals surface area contributed by atoms with E-state index in [0.29, 0.717) is 36.1 Å². The molecule has 258 valence electrons. The molecule has 0 aliphatic heterocycles. The number of esters is 2. The number of rotatable bonds is 11. The van der Waals surface area contributed by atoms with Crippen LogP contribution in [0.3, 0.4) is 0 Å². The molecule has 4 aromatic carbocycles. The summed E-state index contributed by atoms with van der Waals surface area (Å²) in [6.07, 6.45) is 4.16. The number of aromatic nitrogens is 2. The second-order valence-electron chi connectivity index (χ2n) is 11.4. The molecule has 6 rings (SSSR count). The van der Waals surface area contributed by atoms with Gasteiger partial charge in [-0.2, -0.15) is 0 Å². The summed E-state index contributed by atoms with van der Waals surface area (Å²) in [6.45, 7) is 0.789. The summed E-state index contributed by atoms with van der Waals surface area (Å²) >= 11 is 11.8. The maximum Gasteiger partial charge on any atom is 0.330 e. The highest BCUT2D eigenvalue weighted by atomic mass is 35.5. The van der Waals surface area contributed by atoms with Gasteiger partial charge in [0.25, 0.3) is 0 Å². The summed E-state index contributed by atoms with van der Waals surface area (Å²) in [6, 6.07) is 30.7. The van der Waals surface area contributed by atoms with Crippen LogP contribution >= 0.6 is 23.2 Å². The molecule has 50 heavy (non-hydrogen) atoms. The number of fused-ring (bicyclic) bond motifs is 2. The topological polar surface area (TPSA) is 80.9 Å². The number of halogens is 2. The number of carbonyl (C=O) groups excluding carboxylic acids is 2. The molecule has 0 aliphatic rings. The molecule has 0 unspecified atom stereocenters. The van der Waals surface area contributed by atoms with Gasteiger partial charge in [0, 0.05) is 64.0 Å². The number of ether oxygens (including phenoxy) is 4. The quantitative estimate of drug-likeness (QED) is 0.0985. The lowest BCUT2D eigenvalue weighted by Crippen LogP contribution is -2.07. The Morgan fingerprint density at radius 3 is 1.72 bits per heavy atom. The van der Waals surface area contributed by atoms with E-state index in [1.165, 1.54) is 20.3 Å². The van der Waals surface area contributed by atoms with E-state index in [0.717, 1.165) is 55.8 Å².